The Bertz CT molecular complexity index is 701. The molecule has 10 heteroatoms. The number of halogens is 3. The van der Waals surface area contributed by atoms with Crippen LogP contribution in [0, 0.1) is 0 Å². The molecule has 1 aromatic rings. The zero-order chi connectivity index (χ0) is 21.5. The van der Waals surface area contributed by atoms with Crippen molar-refractivity contribution in [3.63, 3.8) is 0 Å². The number of Topliss-reactive ketones (excluding diaryl/α,β-unsaturated/α-hetero) is 1. The number of rotatable bonds is 9. The molecule has 0 saturated heterocycles. The molecule has 0 bridgehead atoms. The minimum absolute atomic E-state index is 0.0467. The molecule has 7 nitrogen and oxygen atoms in total. The first-order valence-corrected chi connectivity index (χ1v) is 8.31. The van der Waals surface area contributed by atoms with Gasteiger partial charge in [0.2, 0.25) is 12.2 Å². The monoisotopic (exact) mass is 404 g/mol. The number of ether oxygens (including phenoxy) is 1. The highest BCUT2D eigenvalue weighted by Gasteiger charge is 2.42. The molecular weight excluding hydrogens is 381 g/mol. The summed E-state index contributed by atoms with van der Waals surface area (Å²) in [4.78, 5) is 40.8. The lowest BCUT2D eigenvalue weighted by atomic mass is 10.1. The van der Waals surface area contributed by atoms with Crippen molar-refractivity contribution in [3.8, 4) is 5.75 Å². The molecule has 156 valence electrons. The molecule has 0 aliphatic rings. The summed E-state index contributed by atoms with van der Waals surface area (Å²) >= 11 is 0. The highest BCUT2D eigenvalue weighted by molar-refractivity contribution is 6.38. The van der Waals surface area contributed by atoms with Crippen molar-refractivity contribution in [2.45, 2.75) is 51.6 Å². The number of carbonyl (C=O) groups is 3. The van der Waals surface area contributed by atoms with Crippen molar-refractivity contribution in [2.75, 3.05) is 7.11 Å². The number of methoxy groups -OCH3 is 1. The van der Waals surface area contributed by atoms with Crippen LogP contribution in [0.2, 0.25) is 0 Å². The lowest BCUT2D eigenvalue weighted by molar-refractivity contribution is -0.244. The molecule has 0 fully saturated rings. The number of hydrogen-bond acceptors (Lipinski definition) is 5. The first-order valence-electron chi connectivity index (χ1n) is 8.31. The molecule has 0 saturated carbocycles. The van der Waals surface area contributed by atoms with Crippen LogP contribution in [0.15, 0.2) is 24.3 Å². The van der Waals surface area contributed by atoms with Crippen molar-refractivity contribution in [2.24, 2.45) is 0 Å². The van der Waals surface area contributed by atoms with Gasteiger partial charge in [-0.3, -0.25) is 19.2 Å². The predicted molar refractivity (Wildman–Crippen MR) is 93.0 cm³/mol. The molecule has 0 unspecified atom stereocenters. The molecule has 0 aliphatic carbocycles. The Hall–Kier alpha value is -2.62. The molecule has 1 atom stereocenters. The van der Waals surface area contributed by atoms with E-state index >= 15 is 0 Å². The third-order valence-electron chi connectivity index (χ3n) is 3.33. The van der Waals surface area contributed by atoms with Gasteiger partial charge in [-0.15, -0.1) is 0 Å². The van der Waals surface area contributed by atoms with Gasteiger partial charge in [0.1, 0.15) is 11.8 Å². The van der Waals surface area contributed by atoms with Gasteiger partial charge in [0.05, 0.1) is 19.1 Å². The minimum atomic E-state index is -4.80. The third-order valence-corrected chi connectivity index (χ3v) is 3.33. The fourth-order valence-corrected chi connectivity index (χ4v) is 2.20. The molecule has 1 rings (SSSR count). The number of alkyl halides is 3. The largest absolute Gasteiger partial charge is 0.497 e. The zero-order valence-electron chi connectivity index (χ0n) is 16.0. The minimum Gasteiger partial charge on any atom is -0.497 e. The Kier molecular flexibility index (Phi) is 7.98. The topological polar surface area (TPSA) is 84.9 Å². The van der Waals surface area contributed by atoms with Gasteiger partial charge in [-0.1, -0.05) is 12.1 Å². The average molecular weight is 404 g/mol. The molecule has 0 radical (unpaired) electrons. The van der Waals surface area contributed by atoms with Crippen LogP contribution in [0.4, 0.5) is 13.2 Å². The highest BCUT2D eigenvalue weighted by Crippen LogP contribution is 2.26. The predicted octanol–water partition coefficient (Wildman–Crippen LogP) is 2.39. The molecule has 0 spiro atoms. The first kappa shape index (κ1) is 23.4. The van der Waals surface area contributed by atoms with Crippen molar-refractivity contribution in [1.29, 1.82) is 0 Å². The van der Waals surface area contributed by atoms with Gasteiger partial charge in [-0.25, -0.2) is 5.06 Å². The second kappa shape index (κ2) is 9.54. The quantitative estimate of drug-likeness (QED) is 0.388. The Balaban J connectivity index is 2.93. The number of hydroxylamine groups is 2. The van der Waals surface area contributed by atoms with Crippen LogP contribution in [0.5, 0.6) is 5.75 Å². The maximum Gasteiger partial charge on any atom is 0.391 e. The van der Waals surface area contributed by atoms with E-state index in [2.05, 4.69) is 5.32 Å². The van der Waals surface area contributed by atoms with E-state index in [1.807, 2.05) is 0 Å². The third kappa shape index (κ3) is 7.95. The maximum atomic E-state index is 12.9. The van der Waals surface area contributed by atoms with Gasteiger partial charge in [0.15, 0.2) is 0 Å². The second-order valence-electron chi connectivity index (χ2n) is 6.90. The van der Waals surface area contributed by atoms with Crippen molar-refractivity contribution >= 4 is 18.1 Å². The van der Waals surface area contributed by atoms with E-state index < -0.39 is 35.9 Å². The van der Waals surface area contributed by atoms with Gasteiger partial charge in [0, 0.05) is 6.54 Å². The van der Waals surface area contributed by atoms with Crippen LogP contribution in [0.25, 0.3) is 0 Å². The Morgan fingerprint density at radius 1 is 1.25 bits per heavy atom. The van der Waals surface area contributed by atoms with Gasteiger partial charge in [-0.2, -0.15) is 13.2 Å². The molecule has 0 aliphatic heterocycles. The Labute approximate surface area is 160 Å². The van der Waals surface area contributed by atoms with Gasteiger partial charge < -0.3 is 10.1 Å². The van der Waals surface area contributed by atoms with E-state index in [9.17, 15) is 27.6 Å². The van der Waals surface area contributed by atoms with Crippen LogP contribution in [-0.4, -0.2) is 48.1 Å². The Morgan fingerprint density at radius 2 is 1.89 bits per heavy atom. The first-order chi connectivity index (χ1) is 12.9. The van der Waals surface area contributed by atoms with Crippen LogP contribution in [-0.2, 0) is 25.8 Å². The van der Waals surface area contributed by atoms with E-state index in [-0.39, 0.29) is 18.0 Å². The summed E-state index contributed by atoms with van der Waals surface area (Å²) in [6.45, 7) is 4.35. The molecular formula is C18H23F3N2O5. The van der Waals surface area contributed by atoms with E-state index in [1.165, 1.54) is 27.9 Å². The van der Waals surface area contributed by atoms with Gasteiger partial charge >= 0.3 is 6.18 Å². The summed E-state index contributed by atoms with van der Waals surface area (Å²) < 4.78 is 43.7. The van der Waals surface area contributed by atoms with E-state index in [1.54, 1.807) is 24.3 Å². The standard InChI is InChI=1S/C18H23F3N2O5/c1-17(2,3)28-23(11-24)14(9-18(19,20)21)15(25)16(26)22-10-12-6-5-7-13(8-12)27-4/h5-8,11,14H,9-10H2,1-4H3,(H,22,26)/t14-/m0/s1. The van der Waals surface area contributed by atoms with Crippen LogP contribution >= 0.6 is 0 Å². The Morgan fingerprint density at radius 3 is 2.39 bits per heavy atom. The second-order valence-corrected chi connectivity index (χ2v) is 6.90. The van der Waals surface area contributed by atoms with E-state index in [0.29, 0.717) is 11.3 Å². The number of hydrogen-bond donors (Lipinski definition) is 1. The van der Waals surface area contributed by atoms with Gasteiger partial charge in [0.25, 0.3) is 5.91 Å². The maximum absolute atomic E-state index is 12.9. The summed E-state index contributed by atoms with van der Waals surface area (Å²) in [5.41, 5.74) is -0.478. The number of carbonyl (C=O) groups excluding carboxylic acids is 3. The van der Waals surface area contributed by atoms with Crippen LogP contribution < -0.4 is 10.1 Å². The van der Waals surface area contributed by atoms with Gasteiger partial charge in [-0.05, 0) is 38.5 Å². The smallest absolute Gasteiger partial charge is 0.391 e. The zero-order valence-corrected chi connectivity index (χ0v) is 16.0. The number of benzene rings is 1. The fraction of sp³-hybridized carbons (Fsp3) is 0.500. The molecule has 0 heterocycles. The lowest BCUT2D eigenvalue weighted by Crippen LogP contribution is -2.51. The summed E-state index contributed by atoms with van der Waals surface area (Å²) in [6, 6.07) is 4.42. The van der Waals surface area contributed by atoms with Crippen molar-refractivity contribution in [1.82, 2.24) is 10.4 Å². The molecule has 28 heavy (non-hydrogen) atoms. The van der Waals surface area contributed by atoms with Crippen molar-refractivity contribution < 1.29 is 37.1 Å². The molecule has 1 N–H and O–H groups in total. The summed E-state index contributed by atoms with van der Waals surface area (Å²) in [7, 11) is 1.45. The summed E-state index contributed by atoms with van der Waals surface area (Å²) in [6.07, 6.45) is -6.56. The summed E-state index contributed by atoms with van der Waals surface area (Å²) in [5, 5.41) is 2.49. The number of nitrogens with zero attached hydrogens (tertiary/aromatic N) is 1. The number of ketones is 1. The number of nitrogens with one attached hydrogen (secondary N) is 1. The van der Waals surface area contributed by atoms with Crippen LogP contribution in [0.1, 0.15) is 32.8 Å². The molecule has 1 aromatic carbocycles. The van der Waals surface area contributed by atoms with Crippen LogP contribution in [0.3, 0.4) is 0 Å². The average Bonchev–Trinajstić information content (AvgIpc) is 2.60. The summed E-state index contributed by atoms with van der Waals surface area (Å²) in [5.74, 6) is -2.18. The highest BCUT2D eigenvalue weighted by atomic mass is 19.4. The van der Waals surface area contributed by atoms with E-state index in [0.717, 1.165) is 0 Å². The van der Waals surface area contributed by atoms with E-state index in [4.69, 9.17) is 9.57 Å². The number of amides is 2. The van der Waals surface area contributed by atoms with Crippen molar-refractivity contribution in [3.05, 3.63) is 29.8 Å². The molecule has 0 aromatic heterocycles. The fourth-order valence-electron chi connectivity index (χ4n) is 2.20. The lowest BCUT2D eigenvalue weighted by Gasteiger charge is -2.32. The molecule has 2 amide bonds. The SMILES string of the molecule is COc1cccc(CNC(=O)C(=O)[C@H](CC(F)(F)F)N(C=O)OC(C)(C)C)c1. The normalized spacial score (nSPS) is 12.8.